The second-order valence-electron chi connectivity index (χ2n) is 6.49. The van der Waals surface area contributed by atoms with E-state index in [0.717, 1.165) is 34.8 Å². The van der Waals surface area contributed by atoms with Crippen molar-refractivity contribution in [3.8, 4) is 10.6 Å². The van der Waals surface area contributed by atoms with Crippen LogP contribution < -0.4 is 0 Å². The van der Waals surface area contributed by atoms with Gasteiger partial charge in [0.2, 0.25) is 0 Å². The molecular weight excluding hydrogens is 346 g/mol. The number of pyridine rings is 1. The topological polar surface area (TPSA) is 66.3 Å². The molecule has 1 N–H and O–H groups in total. The van der Waals surface area contributed by atoms with Crippen molar-refractivity contribution in [2.45, 2.75) is 25.4 Å². The largest absolute Gasteiger partial charge is 0.328 e. The van der Waals surface area contributed by atoms with Gasteiger partial charge in [0, 0.05) is 12.2 Å². The van der Waals surface area contributed by atoms with Crippen molar-refractivity contribution < 1.29 is 4.79 Å². The third-order valence-electron chi connectivity index (χ3n) is 4.66. The summed E-state index contributed by atoms with van der Waals surface area (Å²) in [7, 11) is 0. The highest BCUT2D eigenvalue weighted by atomic mass is 32.1. The lowest BCUT2D eigenvalue weighted by atomic mass is 10.2. The predicted molar refractivity (Wildman–Crippen MR) is 100.0 cm³/mol. The first-order valence-corrected chi connectivity index (χ1v) is 9.49. The van der Waals surface area contributed by atoms with Crippen molar-refractivity contribution in [3.05, 3.63) is 65.6 Å². The minimum Gasteiger partial charge on any atom is -0.328 e. The third kappa shape index (κ3) is 2.70. The molecule has 1 saturated carbocycles. The molecule has 7 heteroatoms. The normalized spacial score (nSPS) is 14.0. The number of amides is 1. The highest BCUT2D eigenvalue weighted by Crippen LogP contribution is 2.30. The van der Waals surface area contributed by atoms with Crippen LogP contribution in [0.4, 0.5) is 0 Å². The third-order valence-corrected chi connectivity index (χ3v) is 5.56. The summed E-state index contributed by atoms with van der Waals surface area (Å²) in [6.45, 7) is 0.538. The van der Waals surface area contributed by atoms with Gasteiger partial charge in [0.15, 0.2) is 5.69 Å². The summed E-state index contributed by atoms with van der Waals surface area (Å²) in [6.07, 6.45) is 5.92. The van der Waals surface area contributed by atoms with Gasteiger partial charge in [0.1, 0.15) is 5.65 Å². The van der Waals surface area contributed by atoms with Gasteiger partial charge in [-0.1, -0.05) is 12.1 Å². The summed E-state index contributed by atoms with van der Waals surface area (Å²) in [6, 6.07) is 12.0. The summed E-state index contributed by atoms with van der Waals surface area (Å²) < 4.78 is 2.03. The summed E-state index contributed by atoms with van der Waals surface area (Å²) in [5.41, 5.74) is 3.25. The average Bonchev–Trinajstić information content (AvgIpc) is 3.09. The van der Waals surface area contributed by atoms with Gasteiger partial charge in [-0.15, -0.1) is 11.3 Å². The number of hydrogen-bond acceptors (Lipinski definition) is 4. The molecule has 1 aliphatic carbocycles. The van der Waals surface area contributed by atoms with Crippen molar-refractivity contribution in [1.29, 1.82) is 0 Å². The van der Waals surface area contributed by atoms with Gasteiger partial charge in [-0.3, -0.25) is 9.89 Å². The number of nitrogens with zero attached hydrogens (tertiary/aromatic N) is 4. The maximum absolute atomic E-state index is 13.1. The van der Waals surface area contributed by atoms with E-state index >= 15 is 0 Å². The molecule has 4 aromatic heterocycles. The van der Waals surface area contributed by atoms with Crippen molar-refractivity contribution in [3.63, 3.8) is 0 Å². The Balaban J connectivity index is 1.43. The molecule has 0 atom stereocenters. The Morgan fingerprint density at radius 2 is 2.23 bits per heavy atom. The molecule has 0 unspecified atom stereocenters. The molecule has 0 bridgehead atoms. The van der Waals surface area contributed by atoms with Crippen LogP contribution in [-0.2, 0) is 6.54 Å². The van der Waals surface area contributed by atoms with E-state index < -0.39 is 0 Å². The average molecular weight is 363 g/mol. The van der Waals surface area contributed by atoms with Crippen LogP contribution in [0.25, 0.3) is 16.2 Å². The number of nitrogens with one attached hydrogen (secondary N) is 1. The fraction of sp³-hybridized carbons (Fsp3) is 0.211. The number of H-pyrrole nitrogens is 1. The summed E-state index contributed by atoms with van der Waals surface area (Å²) in [4.78, 5) is 20.5. The van der Waals surface area contributed by atoms with E-state index in [-0.39, 0.29) is 5.91 Å². The molecule has 0 saturated heterocycles. The number of rotatable bonds is 5. The second kappa shape index (κ2) is 6.10. The maximum Gasteiger partial charge on any atom is 0.274 e. The van der Waals surface area contributed by atoms with Crippen molar-refractivity contribution >= 4 is 22.9 Å². The molecule has 1 aliphatic rings. The predicted octanol–water partition coefficient (Wildman–Crippen LogP) is 3.59. The number of aromatic nitrogens is 4. The Morgan fingerprint density at radius 3 is 3.04 bits per heavy atom. The Labute approximate surface area is 154 Å². The molecule has 5 rings (SSSR count). The summed E-state index contributed by atoms with van der Waals surface area (Å²) in [5.74, 6) is -0.0302. The SMILES string of the molecule is O=C(c1cc(-c2cccs2)[nH]n1)N(Cc1cnc2ccccn12)C1CC1. The van der Waals surface area contributed by atoms with E-state index in [2.05, 4.69) is 15.2 Å². The van der Waals surface area contributed by atoms with E-state index in [1.54, 1.807) is 11.3 Å². The van der Waals surface area contributed by atoms with E-state index in [1.165, 1.54) is 0 Å². The van der Waals surface area contributed by atoms with Crippen molar-refractivity contribution in [1.82, 2.24) is 24.5 Å². The van der Waals surface area contributed by atoms with Gasteiger partial charge < -0.3 is 9.30 Å². The zero-order valence-corrected chi connectivity index (χ0v) is 14.8. The monoisotopic (exact) mass is 363 g/mol. The summed E-state index contributed by atoms with van der Waals surface area (Å²) >= 11 is 1.63. The number of hydrogen-bond donors (Lipinski definition) is 1. The lowest BCUT2D eigenvalue weighted by Gasteiger charge is -2.21. The standard InChI is InChI=1S/C19H17N5OS/c25-19(16-10-15(21-22-16)17-4-3-9-26-17)24(13-6-7-13)12-14-11-20-18-5-1-2-8-23(14)18/h1-5,8-11,13H,6-7,12H2,(H,21,22). The number of thiophene rings is 1. The van der Waals surface area contributed by atoms with E-state index in [1.807, 2.05) is 63.5 Å². The molecule has 26 heavy (non-hydrogen) atoms. The van der Waals surface area contributed by atoms with Crippen LogP contribution in [0.15, 0.2) is 54.2 Å². The molecule has 0 radical (unpaired) electrons. The molecule has 4 aromatic rings. The Bertz CT molecular complexity index is 1060. The molecule has 4 heterocycles. The minimum absolute atomic E-state index is 0.0302. The fourth-order valence-corrected chi connectivity index (χ4v) is 3.86. The summed E-state index contributed by atoms with van der Waals surface area (Å²) in [5, 5.41) is 9.26. The number of carbonyl (C=O) groups is 1. The van der Waals surface area contributed by atoms with E-state index in [9.17, 15) is 4.79 Å². The molecule has 0 aromatic carbocycles. The Morgan fingerprint density at radius 1 is 1.31 bits per heavy atom. The highest BCUT2D eigenvalue weighted by molar-refractivity contribution is 7.13. The smallest absolute Gasteiger partial charge is 0.274 e. The number of aromatic amines is 1. The highest BCUT2D eigenvalue weighted by Gasteiger charge is 2.34. The quantitative estimate of drug-likeness (QED) is 0.589. The van der Waals surface area contributed by atoms with Crippen LogP contribution >= 0.6 is 11.3 Å². The van der Waals surface area contributed by atoms with Crippen molar-refractivity contribution in [2.75, 3.05) is 0 Å². The van der Waals surface area contributed by atoms with Crippen LogP contribution in [0.2, 0.25) is 0 Å². The van der Waals surface area contributed by atoms with E-state index in [4.69, 9.17) is 0 Å². The number of imidazole rings is 1. The molecule has 130 valence electrons. The molecule has 0 aliphatic heterocycles. The first kappa shape index (κ1) is 15.3. The van der Waals surface area contributed by atoms with Gasteiger partial charge in [0.05, 0.1) is 29.0 Å². The fourth-order valence-electron chi connectivity index (χ4n) is 3.17. The Kier molecular flexibility index (Phi) is 3.60. The Hall–Kier alpha value is -2.93. The molecular formula is C19H17N5OS. The van der Waals surface area contributed by atoms with Crippen LogP contribution in [0.5, 0.6) is 0 Å². The van der Waals surface area contributed by atoms with Gasteiger partial charge in [-0.05, 0) is 42.5 Å². The molecule has 1 fully saturated rings. The minimum atomic E-state index is -0.0302. The molecule has 6 nitrogen and oxygen atoms in total. The van der Waals surface area contributed by atoms with Crippen LogP contribution in [0.1, 0.15) is 29.0 Å². The number of fused-ring (bicyclic) bond motifs is 1. The zero-order chi connectivity index (χ0) is 17.5. The van der Waals surface area contributed by atoms with Gasteiger partial charge >= 0.3 is 0 Å². The second-order valence-corrected chi connectivity index (χ2v) is 7.43. The van der Waals surface area contributed by atoms with Gasteiger partial charge in [0.25, 0.3) is 5.91 Å². The van der Waals surface area contributed by atoms with Crippen LogP contribution in [0, 0.1) is 0 Å². The maximum atomic E-state index is 13.1. The van der Waals surface area contributed by atoms with Crippen molar-refractivity contribution in [2.24, 2.45) is 0 Å². The van der Waals surface area contributed by atoms with Crippen LogP contribution in [-0.4, -0.2) is 36.4 Å². The lowest BCUT2D eigenvalue weighted by Crippen LogP contribution is -2.33. The lowest BCUT2D eigenvalue weighted by molar-refractivity contribution is 0.0721. The molecule has 0 spiro atoms. The first-order chi connectivity index (χ1) is 12.8. The molecule has 1 amide bonds. The van der Waals surface area contributed by atoms with E-state index in [0.29, 0.717) is 18.3 Å². The number of carbonyl (C=O) groups excluding carboxylic acids is 1. The van der Waals surface area contributed by atoms with Gasteiger partial charge in [-0.25, -0.2) is 4.98 Å². The van der Waals surface area contributed by atoms with Crippen LogP contribution in [0.3, 0.4) is 0 Å². The first-order valence-electron chi connectivity index (χ1n) is 8.61. The zero-order valence-electron chi connectivity index (χ0n) is 14.0. The van der Waals surface area contributed by atoms with Gasteiger partial charge in [-0.2, -0.15) is 5.10 Å².